The van der Waals surface area contributed by atoms with Gasteiger partial charge in [0.05, 0.1) is 0 Å². The number of carboxylic acids is 2. The molecule has 1 amide bonds. The third-order valence-corrected chi connectivity index (χ3v) is 3.53. The van der Waals surface area contributed by atoms with Gasteiger partial charge in [-0.25, -0.2) is 9.59 Å². The van der Waals surface area contributed by atoms with Crippen LogP contribution in [0.5, 0.6) is 0 Å². The smallest absolute Gasteiger partial charge is 0.335 e. The van der Waals surface area contributed by atoms with E-state index in [9.17, 15) is 24.6 Å². The van der Waals surface area contributed by atoms with Gasteiger partial charge in [0.2, 0.25) is 0 Å². The first-order valence-electron chi connectivity index (χ1n) is 6.98. The number of carboxylic acid groups (broad SMARTS) is 2. The van der Waals surface area contributed by atoms with E-state index in [4.69, 9.17) is 10.2 Å². The number of benzene rings is 1. The number of hydrogen-bond donors (Lipinski definition) is 6. The number of hydrogen-bond acceptors (Lipinski definition) is 5. The van der Waals surface area contributed by atoms with Crippen LogP contribution in [0.25, 0.3) is 10.9 Å². The highest BCUT2D eigenvalue weighted by Crippen LogP contribution is 2.19. The zero-order valence-corrected chi connectivity index (χ0v) is 12.3. The van der Waals surface area contributed by atoms with E-state index in [1.807, 2.05) is 11.4 Å². The van der Waals surface area contributed by atoms with Crippen LogP contribution in [-0.2, 0) is 20.8 Å². The molecule has 6 N–H and O–H groups in total. The molecule has 0 bridgehead atoms. The highest BCUT2D eigenvalue weighted by atomic mass is 16.4. The van der Waals surface area contributed by atoms with Gasteiger partial charge in [0.25, 0.3) is 5.91 Å². The molecule has 1 aromatic heterocycles. The molecular weight excluding hydrogens is 320 g/mol. The largest absolute Gasteiger partial charge is 0.480 e. The van der Waals surface area contributed by atoms with Crippen LogP contribution in [0.4, 0.5) is 0 Å². The fourth-order valence-electron chi connectivity index (χ4n) is 2.26. The predicted octanol–water partition coefficient (Wildman–Crippen LogP) is -0.914. The number of aliphatic hydroxyl groups is 2. The topological polar surface area (TPSA) is 160 Å². The molecule has 1 heterocycles. The summed E-state index contributed by atoms with van der Waals surface area (Å²) in [6, 6.07) is 5.78. The lowest BCUT2D eigenvalue weighted by Gasteiger charge is -2.18. The third-order valence-electron chi connectivity index (χ3n) is 3.53. The summed E-state index contributed by atoms with van der Waals surface area (Å²) in [5.41, 5.74) is 1.43. The number of carbonyl (C=O) groups excluding carboxylic acids is 1. The number of H-pyrrole nitrogens is 1. The first kappa shape index (κ1) is 17.4. The second-order valence-corrected chi connectivity index (χ2v) is 5.19. The van der Waals surface area contributed by atoms with E-state index in [-0.39, 0.29) is 6.42 Å². The Kier molecular flexibility index (Phi) is 5.17. The van der Waals surface area contributed by atoms with Crippen molar-refractivity contribution in [3.05, 3.63) is 36.0 Å². The maximum absolute atomic E-state index is 11.7. The first-order chi connectivity index (χ1) is 11.3. The van der Waals surface area contributed by atoms with Crippen molar-refractivity contribution in [1.82, 2.24) is 10.3 Å². The Morgan fingerprint density at radius 2 is 1.71 bits per heavy atom. The number of rotatable bonds is 7. The molecule has 0 spiro atoms. The standard InChI is InChI=1S/C15H16N2O7/c18-11(12(19)15(23)24)13(20)17-10(14(21)22)5-7-6-16-9-4-2-1-3-8(7)9/h1-4,6,10-12,16,18-19H,5H2,(H,17,20)(H,21,22)(H,23,24)/t10-,11+,12+/m0/s1. The number of aliphatic hydroxyl groups excluding tert-OH is 2. The maximum Gasteiger partial charge on any atom is 0.335 e. The first-order valence-corrected chi connectivity index (χ1v) is 6.98. The number of aliphatic carboxylic acids is 2. The number of aromatic amines is 1. The SMILES string of the molecule is O=C(O)[C@H](Cc1c[nH]c2ccccc12)NC(=O)[C@H](O)[C@@H](O)C(=O)O. The normalized spacial score (nSPS) is 14.8. The van der Waals surface area contributed by atoms with Crippen molar-refractivity contribution in [2.75, 3.05) is 0 Å². The lowest BCUT2D eigenvalue weighted by molar-refractivity contribution is -0.158. The summed E-state index contributed by atoms with van der Waals surface area (Å²) < 4.78 is 0. The summed E-state index contributed by atoms with van der Waals surface area (Å²) in [5.74, 6) is -4.43. The number of amides is 1. The molecule has 128 valence electrons. The number of aromatic nitrogens is 1. The molecule has 0 fully saturated rings. The molecule has 0 aliphatic carbocycles. The fraction of sp³-hybridized carbons (Fsp3) is 0.267. The molecule has 0 saturated heterocycles. The van der Waals surface area contributed by atoms with Crippen LogP contribution < -0.4 is 5.32 Å². The second kappa shape index (κ2) is 7.11. The summed E-state index contributed by atoms with van der Waals surface area (Å²) in [6.45, 7) is 0. The van der Waals surface area contributed by atoms with Crippen molar-refractivity contribution in [2.24, 2.45) is 0 Å². The number of carbonyl (C=O) groups is 3. The maximum atomic E-state index is 11.7. The van der Waals surface area contributed by atoms with Gasteiger partial charge in [0.1, 0.15) is 6.04 Å². The lowest BCUT2D eigenvalue weighted by Crippen LogP contribution is -2.51. The molecule has 0 radical (unpaired) electrons. The van der Waals surface area contributed by atoms with Crippen LogP contribution >= 0.6 is 0 Å². The summed E-state index contributed by atoms with van der Waals surface area (Å²) in [7, 11) is 0. The Labute approximate surface area is 135 Å². The average molecular weight is 336 g/mol. The van der Waals surface area contributed by atoms with E-state index in [0.29, 0.717) is 5.56 Å². The van der Waals surface area contributed by atoms with Gasteiger partial charge in [0.15, 0.2) is 12.2 Å². The molecule has 9 heteroatoms. The molecule has 3 atom stereocenters. The van der Waals surface area contributed by atoms with Crippen molar-refractivity contribution in [2.45, 2.75) is 24.7 Å². The van der Waals surface area contributed by atoms with E-state index in [2.05, 4.69) is 4.98 Å². The highest BCUT2D eigenvalue weighted by molar-refractivity contribution is 5.91. The van der Waals surface area contributed by atoms with Gasteiger partial charge in [-0.1, -0.05) is 18.2 Å². The van der Waals surface area contributed by atoms with Gasteiger partial charge in [0, 0.05) is 23.5 Å². The van der Waals surface area contributed by atoms with Crippen LogP contribution in [-0.4, -0.2) is 61.5 Å². The molecular formula is C15H16N2O7. The van der Waals surface area contributed by atoms with Crippen LogP contribution in [0, 0.1) is 0 Å². The molecule has 1 aromatic carbocycles. The minimum absolute atomic E-state index is 0.0824. The zero-order chi connectivity index (χ0) is 17.9. The molecule has 2 rings (SSSR count). The number of nitrogens with one attached hydrogen (secondary N) is 2. The van der Waals surface area contributed by atoms with E-state index in [1.54, 1.807) is 24.4 Å². The monoisotopic (exact) mass is 336 g/mol. The van der Waals surface area contributed by atoms with Gasteiger partial charge in [-0.3, -0.25) is 4.79 Å². The van der Waals surface area contributed by atoms with Gasteiger partial charge in [-0.15, -0.1) is 0 Å². The van der Waals surface area contributed by atoms with Gasteiger partial charge < -0.3 is 30.7 Å². The summed E-state index contributed by atoms with van der Waals surface area (Å²) in [5, 5.41) is 39.2. The van der Waals surface area contributed by atoms with Crippen molar-refractivity contribution >= 4 is 28.7 Å². The third kappa shape index (κ3) is 3.70. The Morgan fingerprint density at radius 1 is 1.04 bits per heavy atom. The molecule has 0 unspecified atom stereocenters. The molecule has 2 aromatic rings. The Balaban J connectivity index is 2.14. The predicted molar refractivity (Wildman–Crippen MR) is 81.2 cm³/mol. The fourth-order valence-corrected chi connectivity index (χ4v) is 2.26. The summed E-state index contributed by atoms with van der Waals surface area (Å²) in [6.07, 6.45) is -3.09. The number of para-hydroxylation sites is 1. The van der Waals surface area contributed by atoms with Crippen molar-refractivity contribution in [3.8, 4) is 0 Å². The minimum atomic E-state index is -2.34. The van der Waals surface area contributed by atoms with E-state index in [0.717, 1.165) is 10.9 Å². The van der Waals surface area contributed by atoms with Crippen molar-refractivity contribution in [3.63, 3.8) is 0 Å². The zero-order valence-electron chi connectivity index (χ0n) is 12.3. The van der Waals surface area contributed by atoms with E-state index in [1.165, 1.54) is 0 Å². The van der Waals surface area contributed by atoms with Gasteiger partial charge in [-0.05, 0) is 11.6 Å². The molecule has 0 aliphatic heterocycles. The van der Waals surface area contributed by atoms with Crippen LogP contribution in [0.1, 0.15) is 5.56 Å². The molecule has 9 nitrogen and oxygen atoms in total. The second-order valence-electron chi connectivity index (χ2n) is 5.19. The highest BCUT2D eigenvalue weighted by Gasteiger charge is 2.32. The Hall–Kier alpha value is -2.91. The number of fused-ring (bicyclic) bond motifs is 1. The summed E-state index contributed by atoms with van der Waals surface area (Å²) in [4.78, 5) is 36.6. The van der Waals surface area contributed by atoms with Crippen molar-refractivity contribution in [1.29, 1.82) is 0 Å². The van der Waals surface area contributed by atoms with Gasteiger partial charge in [-0.2, -0.15) is 0 Å². The molecule has 24 heavy (non-hydrogen) atoms. The van der Waals surface area contributed by atoms with E-state index >= 15 is 0 Å². The Bertz CT molecular complexity index is 770. The average Bonchev–Trinajstić information content (AvgIpc) is 2.95. The van der Waals surface area contributed by atoms with E-state index < -0.39 is 36.1 Å². The van der Waals surface area contributed by atoms with Gasteiger partial charge >= 0.3 is 11.9 Å². The van der Waals surface area contributed by atoms with Crippen LogP contribution in [0.3, 0.4) is 0 Å². The van der Waals surface area contributed by atoms with Crippen LogP contribution in [0.15, 0.2) is 30.5 Å². The molecule has 0 saturated carbocycles. The van der Waals surface area contributed by atoms with Crippen LogP contribution in [0.2, 0.25) is 0 Å². The molecule has 0 aliphatic rings. The quantitative estimate of drug-likeness (QED) is 0.381. The van der Waals surface area contributed by atoms with Crippen molar-refractivity contribution < 1.29 is 34.8 Å². The lowest BCUT2D eigenvalue weighted by atomic mass is 10.0. The minimum Gasteiger partial charge on any atom is -0.480 e. The Morgan fingerprint density at radius 3 is 2.33 bits per heavy atom. The summed E-state index contributed by atoms with van der Waals surface area (Å²) >= 11 is 0.